The number of rotatable bonds is 7. The number of ether oxygens (including phenoxy) is 1. The van der Waals surface area contributed by atoms with Crippen molar-refractivity contribution in [2.45, 2.75) is 19.9 Å². The summed E-state index contributed by atoms with van der Waals surface area (Å²) in [4.78, 5) is 0. The zero-order valence-electron chi connectivity index (χ0n) is 9.00. The monoisotopic (exact) mass is 207 g/mol. The van der Waals surface area contributed by atoms with Crippen molar-refractivity contribution in [3.8, 4) is 0 Å². The fourth-order valence-corrected chi connectivity index (χ4v) is 1.98. The van der Waals surface area contributed by atoms with Crippen LogP contribution in [0.2, 0.25) is 0 Å². The van der Waals surface area contributed by atoms with Gasteiger partial charge in [0.2, 0.25) is 0 Å². The highest BCUT2D eigenvalue weighted by Crippen LogP contribution is 1.94. The van der Waals surface area contributed by atoms with Crippen LogP contribution in [0.1, 0.15) is 13.8 Å². The van der Waals surface area contributed by atoms with Crippen molar-refractivity contribution < 1.29 is 8.95 Å². The Morgan fingerprint density at radius 2 is 2.08 bits per heavy atom. The summed E-state index contributed by atoms with van der Waals surface area (Å²) in [5, 5.41) is 3.33. The van der Waals surface area contributed by atoms with E-state index in [4.69, 9.17) is 4.74 Å². The first-order valence-corrected chi connectivity index (χ1v) is 6.31. The number of hydrogen-bond donors (Lipinski definition) is 1. The Balaban J connectivity index is 3.45. The van der Waals surface area contributed by atoms with Crippen molar-refractivity contribution in [1.29, 1.82) is 0 Å². The Bertz CT molecular complexity index is 153. The topological polar surface area (TPSA) is 38.3 Å². The highest BCUT2D eigenvalue weighted by atomic mass is 32.2. The molecule has 0 fully saturated rings. The molecule has 4 heteroatoms. The fraction of sp³-hybridized carbons (Fsp3) is 1.00. The largest absolute Gasteiger partial charge is 0.384 e. The van der Waals surface area contributed by atoms with Gasteiger partial charge in [0.15, 0.2) is 0 Å². The van der Waals surface area contributed by atoms with Gasteiger partial charge in [-0.3, -0.25) is 4.21 Å². The van der Waals surface area contributed by atoms with Crippen molar-refractivity contribution in [3.05, 3.63) is 0 Å². The predicted octanol–water partition coefficient (Wildman–Crippen LogP) is 0.625. The van der Waals surface area contributed by atoms with Crippen LogP contribution < -0.4 is 5.32 Å². The van der Waals surface area contributed by atoms with Crippen LogP contribution in [0.3, 0.4) is 0 Å². The maximum atomic E-state index is 10.9. The lowest BCUT2D eigenvalue weighted by Gasteiger charge is -2.16. The van der Waals surface area contributed by atoms with Gasteiger partial charge in [0, 0.05) is 49.1 Å². The number of methoxy groups -OCH3 is 1. The van der Waals surface area contributed by atoms with Crippen LogP contribution in [-0.2, 0) is 15.5 Å². The number of nitrogens with one attached hydrogen (secondary N) is 1. The van der Waals surface area contributed by atoms with E-state index in [1.807, 2.05) is 0 Å². The summed E-state index contributed by atoms with van der Waals surface area (Å²) in [6, 6.07) is 0.324. The van der Waals surface area contributed by atoms with Gasteiger partial charge in [-0.2, -0.15) is 0 Å². The second-order valence-electron chi connectivity index (χ2n) is 3.61. The lowest BCUT2D eigenvalue weighted by atomic mass is 10.2. The predicted molar refractivity (Wildman–Crippen MR) is 57.4 cm³/mol. The first-order chi connectivity index (χ1) is 6.06. The molecule has 3 atom stereocenters. The lowest BCUT2D eigenvalue weighted by molar-refractivity contribution is 0.157. The molecule has 0 amide bonds. The average Bonchev–Trinajstić information content (AvgIpc) is 2.00. The van der Waals surface area contributed by atoms with E-state index < -0.39 is 10.8 Å². The molecule has 0 saturated carbocycles. The minimum Gasteiger partial charge on any atom is -0.384 e. The average molecular weight is 207 g/mol. The third-order valence-electron chi connectivity index (χ3n) is 1.75. The van der Waals surface area contributed by atoms with Gasteiger partial charge in [0.05, 0.1) is 0 Å². The van der Waals surface area contributed by atoms with E-state index in [0.717, 1.165) is 18.9 Å². The second kappa shape index (κ2) is 7.47. The summed E-state index contributed by atoms with van der Waals surface area (Å²) in [6.07, 6.45) is 1.73. The molecule has 3 unspecified atom stereocenters. The van der Waals surface area contributed by atoms with Crippen LogP contribution in [0.15, 0.2) is 0 Å². The summed E-state index contributed by atoms with van der Waals surface area (Å²) in [5.74, 6) is 1.23. The van der Waals surface area contributed by atoms with E-state index in [2.05, 4.69) is 19.2 Å². The van der Waals surface area contributed by atoms with Crippen LogP contribution in [0.25, 0.3) is 0 Å². The van der Waals surface area contributed by atoms with Gasteiger partial charge >= 0.3 is 0 Å². The van der Waals surface area contributed by atoms with Gasteiger partial charge in [0.25, 0.3) is 0 Å². The zero-order chi connectivity index (χ0) is 10.3. The smallest absolute Gasteiger partial charge is 0.0499 e. The van der Waals surface area contributed by atoms with Crippen LogP contribution in [0.5, 0.6) is 0 Å². The van der Waals surface area contributed by atoms with Gasteiger partial charge in [0.1, 0.15) is 0 Å². The van der Waals surface area contributed by atoms with Crippen LogP contribution in [-0.4, -0.2) is 42.5 Å². The molecule has 0 aliphatic carbocycles. The standard InChI is InChI=1S/C9H21NO2S/c1-8(6-12-3)5-10-9(2)7-13(4)11/h8-10H,5-7H2,1-4H3. The van der Waals surface area contributed by atoms with Crippen molar-refractivity contribution in [2.75, 3.05) is 32.3 Å². The summed E-state index contributed by atoms with van der Waals surface area (Å²) in [5.41, 5.74) is 0. The normalized spacial score (nSPS) is 18.2. The molecule has 0 rings (SSSR count). The first kappa shape index (κ1) is 13.1. The Kier molecular flexibility index (Phi) is 7.51. The van der Waals surface area contributed by atoms with E-state index in [1.54, 1.807) is 13.4 Å². The van der Waals surface area contributed by atoms with E-state index >= 15 is 0 Å². The molecule has 0 aromatic rings. The van der Waals surface area contributed by atoms with Crippen molar-refractivity contribution in [1.82, 2.24) is 5.32 Å². The molecule has 0 aromatic heterocycles. The molecule has 1 N–H and O–H groups in total. The van der Waals surface area contributed by atoms with E-state index in [1.165, 1.54) is 0 Å². The molecular weight excluding hydrogens is 186 g/mol. The van der Waals surface area contributed by atoms with Gasteiger partial charge < -0.3 is 10.1 Å². The highest BCUT2D eigenvalue weighted by molar-refractivity contribution is 7.84. The summed E-state index contributed by atoms with van der Waals surface area (Å²) in [7, 11) is 1.00. The van der Waals surface area contributed by atoms with Gasteiger partial charge in [-0.1, -0.05) is 6.92 Å². The van der Waals surface area contributed by atoms with Crippen LogP contribution in [0.4, 0.5) is 0 Å². The quantitative estimate of drug-likeness (QED) is 0.665. The van der Waals surface area contributed by atoms with Crippen LogP contribution >= 0.6 is 0 Å². The Morgan fingerprint density at radius 1 is 1.46 bits per heavy atom. The summed E-state index contributed by atoms with van der Waals surface area (Å²) >= 11 is 0. The molecule has 3 nitrogen and oxygen atoms in total. The maximum absolute atomic E-state index is 10.9. The molecule has 0 saturated heterocycles. The van der Waals surface area contributed by atoms with Crippen molar-refractivity contribution >= 4 is 10.8 Å². The molecule has 0 bridgehead atoms. The molecule has 0 aliphatic rings. The lowest BCUT2D eigenvalue weighted by Crippen LogP contribution is -2.35. The third kappa shape index (κ3) is 8.40. The summed E-state index contributed by atoms with van der Waals surface area (Å²) in [6.45, 7) is 5.88. The van der Waals surface area contributed by atoms with Crippen LogP contribution in [0, 0.1) is 5.92 Å². The van der Waals surface area contributed by atoms with Crippen molar-refractivity contribution in [3.63, 3.8) is 0 Å². The Morgan fingerprint density at radius 3 is 2.54 bits per heavy atom. The Hall–Kier alpha value is 0.0700. The first-order valence-electron chi connectivity index (χ1n) is 4.58. The molecule has 0 spiro atoms. The minimum atomic E-state index is -0.708. The second-order valence-corrected chi connectivity index (χ2v) is 5.09. The maximum Gasteiger partial charge on any atom is 0.0499 e. The van der Waals surface area contributed by atoms with Gasteiger partial charge in [-0.15, -0.1) is 0 Å². The molecule has 80 valence electrons. The molecule has 0 radical (unpaired) electrons. The molecule has 0 aliphatic heterocycles. The Labute approximate surface area is 83.7 Å². The minimum absolute atomic E-state index is 0.324. The SMILES string of the molecule is COCC(C)CNC(C)CS(C)=O. The molecular formula is C9H21NO2S. The highest BCUT2D eigenvalue weighted by Gasteiger charge is 2.06. The van der Waals surface area contributed by atoms with E-state index in [-0.39, 0.29) is 0 Å². The fourth-order valence-electron chi connectivity index (χ4n) is 1.16. The number of hydrogen-bond acceptors (Lipinski definition) is 3. The summed E-state index contributed by atoms with van der Waals surface area (Å²) < 4.78 is 15.9. The van der Waals surface area contributed by atoms with E-state index in [9.17, 15) is 4.21 Å². The van der Waals surface area contributed by atoms with Crippen molar-refractivity contribution in [2.24, 2.45) is 5.92 Å². The molecule has 0 aromatic carbocycles. The molecule has 0 heterocycles. The van der Waals surface area contributed by atoms with E-state index in [0.29, 0.717) is 12.0 Å². The molecule has 13 heavy (non-hydrogen) atoms. The zero-order valence-corrected chi connectivity index (χ0v) is 9.82. The third-order valence-corrected chi connectivity index (χ3v) is 2.72. The van der Waals surface area contributed by atoms with Gasteiger partial charge in [-0.05, 0) is 12.8 Å². The van der Waals surface area contributed by atoms with Gasteiger partial charge in [-0.25, -0.2) is 0 Å².